The van der Waals surface area contributed by atoms with Gasteiger partial charge < -0.3 is 10.4 Å². The van der Waals surface area contributed by atoms with E-state index in [0.717, 1.165) is 24.1 Å². The Balaban J connectivity index is 1.37. The van der Waals surface area contributed by atoms with Gasteiger partial charge in [0.15, 0.2) is 5.78 Å². The number of carbonyl (C=O) groups is 1. The molecule has 5 heteroatoms. The fraction of sp³-hybridized carbons (Fsp3) is 0.261. The molecule has 0 unspecified atom stereocenters. The van der Waals surface area contributed by atoms with Crippen LogP contribution in [0.25, 0.3) is 11.1 Å². The molecule has 2 heterocycles. The van der Waals surface area contributed by atoms with Gasteiger partial charge >= 0.3 is 0 Å². The van der Waals surface area contributed by atoms with Crippen LogP contribution in [0.4, 0.5) is 0 Å². The smallest absolute Gasteiger partial charge is 0.162 e. The Bertz CT molecular complexity index is 959. The van der Waals surface area contributed by atoms with Crippen LogP contribution >= 0.6 is 0 Å². The summed E-state index contributed by atoms with van der Waals surface area (Å²) in [5, 5.41) is 21.7. The van der Waals surface area contributed by atoms with Gasteiger partial charge in [0.25, 0.3) is 0 Å². The highest BCUT2D eigenvalue weighted by Gasteiger charge is 2.24. The monoisotopic (exact) mass is 373 g/mol. The van der Waals surface area contributed by atoms with E-state index in [0.29, 0.717) is 18.4 Å². The number of fused-ring (bicyclic) bond motifs is 1. The lowest BCUT2D eigenvalue weighted by Gasteiger charge is -2.29. The molecule has 2 aromatic carbocycles. The van der Waals surface area contributed by atoms with E-state index in [9.17, 15) is 9.90 Å². The summed E-state index contributed by atoms with van der Waals surface area (Å²) in [5.74, 6) is 0.0409. The number of aliphatic hydroxyl groups excluding tert-OH is 1. The van der Waals surface area contributed by atoms with Crippen LogP contribution in [0, 0.1) is 0 Å². The van der Waals surface area contributed by atoms with Crippen LogP contribution in [0.5, 0.6) is 0 Å². The molecule has 2 N–H and O–H groups in total. The first kappa shape index (κ1) is 18.5. The molecule has 28 heavy (non-hydrogen) atoms. The summed E-state index contributed by atoms with van der Waals surface area (Å²) in [7, 11) is 0. The maximum Gasteiger partial charge on any atom is 0.162 e. The maximum absolute atomic E-state index is 12.7. The Morgan fingerprint density at radius 3 is 2.75 bits per heavy atom. The Morgan fingerprint density at radius 1 is 1.07 bits per heavy atom. The van der Waals surface area contributed by atoms with Gasteiger partial charge in [0.05, 0.1) is 18.5 Å². The van der Waals surface area contributed by atoms with E-state index in [1.54, 1.807) is 12.4 Å². The summed E-state index contributed by atoms with van der Waals surface area (Å²) in [6.07, 6.45) is 4.31. The lowest BCUT2D eigenvalue weighted by atomic mass is 9.90. The third-order valence-corrected chi connectivity index (χ3v) is 5.35. The first-order chi connectivity index (χ1) is 13.7. The van der Waals surface area contributed by atoms with Crippen LogP contribution in [0.2, 0.25) is 0 Å². The fourth-order valence-electron chi connectivity index (χ4n) is 3.71. The predicted octanol–water partition coefficient (Wildman–Crippen LogP) is 3.18. The van der Waals surface area contributed by atoms with Crippen LogP contribution in [0.15, 0.2) is 67.0 Å². The van der Waals surface area contributed by atoms with Crippen molar-refractivity contribution in [3.8, 4) is 11.1 Å². The number of carbonyl (C=O) groups excluding carboxylic acids is 1. The van der Waals surface area contributed by atoms with Crippen molar-refractivity contribution in [2.45, 2.75) is 38.0 Å². The highest BCUT2D eigenvalue weighted by molar-refractivity contribution is 5.97. The number of nitrogens with one attached hydrogen (secondary N) is 1. The standard InChI is InChI=1S/C23H23N3O2/c27-22(18-7-3-6-16(12-18)20-10-11-25-26-15-20)8-9-23(28)21-13-17-4-1-2-5-19(17)14-24-21/h1-7,10-12,15,21,23-24,28H,8-9,13-14H2/t21-,23+/m0/s1. The molecule has 0 bridgehead atoms. The minimum Gasteiger partial charge on any atom is -0.391 e. The molecule has 5 nitrogen and oxygen atoms in total. The van der Waals surface area contributed by atoms with Crippen molar-refractivity contribution in [3.05, 3.63) is 83.7 Å². The number of hydrogen-bond acceptors (Lipinski definition) is 5. The van der Waals surface area contributed by atoms with Gasteiger partial charge in [-0.25, -0.2) is 0 Å². The Labute approximate surface area is 164 Å². The SMILES string of the molecule is O=C(CC[C@@H](O)[C@@H]1Cc2ccccc2CN1)c1cccc(-c2ccnnc2)c1. The molecule has 3 aromatic rings. The minimum absolute atomic E-state index is 0.0167. The van der Waals surface area contributed by atoms with E-state index in [2.05, 4.69) is 27.6 Å². The van der Waals surface area contributed by atoms with E-state index >= 15 is 0 Å². The molecule has 0 spiro atoms. The topological polar surface area (TPSA) is 75.1 Å². The van der Waals surface area contributed by atoms with Gasteiger partial charge in [0, 0.05) is 30.1 Å². The molecule has 142 valence electrons. The van der Waals surface area contributed by atoms with Crippen LogP contribution in [0.1, 0.15) is 34.3 Å². The van der Waals surface area contributed by atoms with E-state index in [1.807, 2.05) is 42.5 Å². The number of nitrogens with zero attached hydrogens (tertiary/aromatic N) is 2. The largest absolute Gasteiger partial charge is 0.391 e. The van der Waals surface area contributed by atoms with E-state index < -0.39 is 6.10 Å². The van der Waals surface area contributed by atoms with Gasteiger partial charge in [-0.05, 0) is 41.7 Å². The summed E-state index contributed by atoms with van der Waals surface area (Å²) in [4.78, 5) is 12.7. The van der Waals surface area contributed by atoms with Crippen molar-refractivity contribution in [1.82, 2.24) is 15.5 Å². The minimum atomic E-state index is -0.551. The Kier molecular flexibility index (Phi) is 5.55. The first-order valence-electron chi connectivity index (χ1n) is 9.59. The predicted molar refractivity (Wildman–Crippen MR) is 108 cm³/mol. The maximum atomic E-state index is 12.7. The summed E-state index contributed by atoms with van der Waals surface area (Å²) < 4.78 is 0. The number of rotatable bonds is 6. The molecule has 1 aliphatic rings. The average Bonchev–Trinajstić information content (AvgIpc) is 2.77. The van der Waals surface area contributed by atoms with Crippen LogP contribution in [-0.4, -0.2) is 33.2 Å². The molecule has 4 rings (SSSR count). The summed E-state index contributed by atoms with van der Waals surface area (Å²) >= 11 is 0. The fourth-order valence-corrected chi connectivity index (χ4v) is 3.71. The second-order valence-electron chi connectivity index (χ2n) is 7.20. The lowest BCUT2D eigenvalue weighted by Crippen LogP contribution is -2.44. The zero-order valence-electron chi connectivity index (χ0n) is 15.6. The average molecular weight is 373 g/mol. The third kappa shape index (κ3) is 4.16. The van der Waals surface area contributed by atoms with Crippen molar-refractivity contribution in [2.75, 3.05) is 0 Å². The second kappa shape index (κ2) is 8.42. The molecule has 0 fully saturated rings. The molecule has 0 saturated carbocycles. The molecule has 0 radical (unpaired) electrons. The van der Waals surface area contributed by atoms with E-state index in [-0.39, 0.29) is 11.8 Å². The number of aliphatic hydroxyl groups is 1. The number of aromatic nitrogens is 2. The van der Waals surface area contributed by atoms with Crippen molar-refractivity contribution >= 4 is 5.78 Å². The summed E-state index contributed by atoms with van der Waals surface area (Å²) in [5.41, 5.74) is 5.07. The molecule has 0 aliphatic carbocycles. The van der Waals surface area contributed by atoms with Gasteiger partial charge in [-0.1, -0.05) is 42.5 Å². The normalized spacial score (nSPS) is 17.0. The zero-order valence-corrected chi connectivity index (χ0v) is 15.6. The van der Waals surface area contributed by atoms with Crippen LogP contribution < -0.4 is 5.32 Å². The molecule has 1 aliphatic heterocycles. The highest BCUT2D eigenvalue weighted by atomic mass is 16.3. The van der Waals surface area contributed by atoms with E-state index in [1.165, 1.54) is 11.1 Å². The van der Waals surface area contributed by atoms with Gasteiger partial charge in [0.1, 0.15) is 0 Å². The number of benzene rings is 2. The van der Waals surface area contributed by atoms with Crippen molar-refractivity contribution < 1.29 is 9.90 Å². The van der Waals surface area contributed by atoms with Gasteiger partial charge in [-0.3, -0.25) is 4.79 Å². The van der Waals surface area contributed by atoms with Crippen molar-refractivity contribution in [3.63, 3.8) is 0 Å². The van der Waals surface area contributed by atoms with Crippen molar-refractivity contribution in [1.29, 1.82) is 0 Å². The molecule has 1 aromatic heterocycles. The first-order valence-corrected chi connectivity index (χ1v) is 9.59. The van der Waals surface area contributed by atoms with Gasteiger partial charge in [0.2, 0.25) is 0 Å². The van der Waals surface area contributed by atoms with E-state index in [4.69, 9.17) is 0 Å². The summed E-state index contributed by atoms with van der Waals surface area (Å²) in [6.45, 7) is 0.758. The molecular weight excluding hydrogens is 350 g/mol. The quantitative estimate of drug-likeness (QED) is 0.649. The molecule has 2 atom stereocenters. The zero-order chi connectivity index (χ0) is 19.3. The van der Waals surface area contributed by atoms with Crippen molar-refractivity contribution in [2.24, 2.45) is 0 Å². The number of ketones is 1. The number of Topliss-reactive ketones (excluding diaryl/α,β-unsaturated/α-hetero) is 1. The number of hydrogen-bond donors (Lipinski definition) is 2. The molecular formula is C23H23N3O2. The van der Waals surface area contributed by atoms with Gasteiger partial charge in [-0.2, -0.15) is 10.2 Å². The molecule has 0 amide bonds. The summed E-state index contributed by atoms with van der Waals surface area (Å²) in [6, 6.07) is 17.7. The third-order valence-electron chi connectivity index (χ3n) is 5.35. The second-order valence-corrected chi connectivity index (χ2v) is 7.20. The van der Waals surface area contributed by atoms with Gasteiger partial charge in [-0.15, -0.1) is 0 Å². The van der Waals surface area contributed by atoms with Crippen LogP contribution in [-0.2, 0) is 13.0 Å². The molecule has 0 saturated heterocycles. The highest BCUT2D eigenvalue weighted by Crippen LogP contribution is 2.22. The van der Waals surface area contributed by atoms with Crippen LogP contribution in [0.3, 0.4) is 0 Å². The Morgan fingerprint density at radius 2 is 1.93 bits per heavy atom. The Hall–Kier alpha value is -2.89. The lowest BCUT2D eigenvalue weighted by molar-refractivity contribution is 0.0877.